The van der Waals surface area contributed by atoms with Crippen LogP contribution in [0.1, 0.15) is 29.2 Å². The molecule has 1 N–H and O–H groups in total. The summed E-state index contributed by atoms with van der Waals surface area (Å²) >= 11 is 1.19. The number of ether oxygens (including phenoxy) is 2. The molecule has 0 aliphatic rings. The normalized spacial score (nSPS) is 11.1. The van der Waals surface area contributed by atoms with Gasteiger partial charge in [-0.05, 0) is 5.92 Å². The molecule has 0 aromatic carbocycles. The number of carboxylic acids is 1. The standard InChI is InChI=1S/C13H22N2O4S/c1-9(2)7-15(5-6-18-3)13-14-10(8-19-4)11(20-13)12(16)17/h9H,5-8H2,1-4H3,(H,16,17). The molecule has 0 aliphatic carbocycles. The zero-order chi connectivity index (χ0) is 15.1. The van der Waals surface area contributed by atoms with Crippen molar-refractivity contribution in [2.45, 2.75) is 20.5 Å². The molecule has 0 aliphatic heterocycles. The topological polar surface area (TPSA) is 71.9 Å². The first-order valence-corrected chi connectivity index (χ1v) is 7.27. The molecule has 0 saturated heterocycles. The highest BCUT2D eigenvalue weighted by molar-refractivity contribution is 7.17. The molecule has 0 atom stereocenters. The molecule has 0 fully saturated rings. The third-order valence-electron chi connectivity index (χ3n) is 2.58. The Morgan fingerprint density at radius 3 is 2.60 bits per heavy atom. The second-order valence-corrected chi connectivity index (χ2v) is 5.82. The number of aromatic nitrogens is 1. The predicted octanol–water partition coefficient (Wildman–Crippen LogP) is 2.10. The van der Waals surface area contributed by atoms with Gasteiger partial charge in [0.2, 0.25) is 0 Å². The number of thiazole rings is 1. The molecule has 0 saturated carbocycles. The average Bonchev–Trinajstić information content (AvgIpc) is 2.78. The number of rotatable bonds is 9. The van der Waals surface area contributed by atoms with Crippen LogP contribution in [0.2, 0.25) is 0 Å². The van der Waals surface area contributed by atoms with Gasteiger partial charge >= 0.3 is 5.97 Å². The maximum Gasteiger partial charge on any atom is 0.347 e. The van der Waals surface area contributed by atoms with Gasteiger partial charge in [-0.3, -0.25) is 0 Å². The maximum absolute atomic E-state index is 11.2. The van der Waals surface area contributed by atoms with Crippen molar-refractivity contribution in [3.63, 3.8) is 0 Å². The van der Waals surface area contributed by atoms with Crippen LogP contribution < -0.4 is 4.90 Å². The summed E-state index contributed by atoms with van der Waals surface area (Å²) < 4.78 is 10.1. The van der Waals surface area contributed by atoms with E-state index >= 15 is 0 Å². The van der Waals surface area contributed by atoms with Crippen molar-refractivity contribution in [1.29, 1.82) is 0 Å². The van der Waals surface area contributed by atoms with E-state index in [4.69, 9.17) is 9.47 Å². The molecule has 0 unspecified atom stereocenters. The zero-order valence-corrected chi connectivity index (χ0v) is 13.2. The van der Waals surface area contributed by atoms with Crippen molar-refractivity contribution in [3.05, 3.63) is 10.6 Å². The lowest BCUT2D eigenvalue weighted by atomic mass is 10.2. The summed E-state index contributed by atoms with van der Waals surface area (Å²) in [5.41, 5.74) is 0.478. The summed E-state index contributed by atoms with van der Waals surface area (Å²) in [5.74, 6) is -0.507. The molecule has 20 heavy (non-hydrogen) atoms. The lowest BCUT2D eigenvalue weighted by Gasteiger charge is -2.23. The molecule has 0 radical (unpaired) electrons. The number of anilines is 1. The largest absolute Gasteiger partial charge is 0.477 e. The summed E-state index contributed by atoms with van der Waals surface area (Å²) in [6, 6.07) is 0. The number of hydrogen-bond donors (Lipinski definition) is 1. The Kier molecular flexibility index (Phi) is 6.90. The molecular formula is C13H22N2O4S. The van der Waals surface area contributed by atoms with Crippen molar-refractivity contribution in [2.75, 3.05) is 38.8 Å². The number of nitrogens with zero attached hydrogens (tertiary/aromatic N) is 2. The van der Waals surface area contributed by atoms with E-state index in [-0.39, 0.29) is 11.5 Å². The highest BCUT2D eigenvalue weighted by Gasteiger charge is 2.21. The Hall–Kier alpha value is -1.18. The van der Waals surface area contributed by atoms with Gasteiger partial charge < -0.3 is 19.5 Å². The van der Waals surface area contributed by atoms with Crippen molar-refractivity contribution in [3.8, 4) is 0 Å². The number of aromatic carboxylic acids is 1. The summed E-state index contributed by atoms with van der Waals surface area (Å²) in [4.78, 5) is 18.0. The Balaban J connectivity index is 2.99. The second kappa shape index (κ2) is 8.18. The molecule has 0 spiro atoms. The van der Waals surface area contributed by atoms with E-state index in [2.05, 4.69) is 23.7 Å². The van der Waals surface area contributed by atoms with E-state index in [1.54, 1.807) is 7.11 Å². The molecular weight excluding hydrogens is 280 g/mol. The van der Waals surface area contributed by atoms with Gasteiger partial charge in [-0.15, -0.1) is 0 Å². The molecule has 6 nitrogen and oxygen atoms in total. The van der Waals surface area contributed by atoms with Crippen molar-refractivity contribution in [1.82, 2.24) is 4.98 Å². The number of carboxylic acid groups (broad SMARTS) is 1. The van der Waals surface area contributed by atoms with Crippen molar-refractivity contribution >= 4 is 22.4 Å². The van der Waals surface area contributed by atoms with Crippen LogP contribution in [0.4, 0.5) is 5.13 Å². The van der Waals surface area contributed by atoms with Crippen LogP contribution in [0.3, 0.4) is 0 Å². The fourth-order valence-electron chi connectivity index (χ4n) is 1.78. The lowest BCUT2D eigenvalue weighted by molar-refractivity contribution is 0.0697. The molecule has 0 bridgehead atoms. The summed E-state index contributed by atoms with van der Waals surface area (Å²) in [6.07, 6.45) is 0. The quantitative estimate of drug-likeness (QED) is 0.753. The van der Waals surface area contributed by atoms with E-state index < -0.39 is 5.97 Å². The van der Waals surface area contributed by atoms with Crippen LogP contribution in [0.15, 0.2) is 0 Å². The third-order valence-corrected chi connectivity index (χ3v) is 3.73. The zero-order valence-electron chi connectivity index (χ0n) is 12.4. The van der Waals surface area contributed by atoms with Crippen LogP contribution in [-0.2, 0) is 16.1 Å². The lowest BCUT2D eigenvalue weighted by Crippen LogP contribution is -2.30. The Bertz CT molecular complexity index is 434. The first-order chi connectivity index (χ1) is 9.49. The van der Waals surface area contributed by atoms with E-state index in [9.17, 15) is 9.90 Å². The predicted molar refractivity (Wildman–Crippen MR) is 78.7 cm³/mol. The van der Waals surface area contributed by atoms with E-state index in [1.165, 1.54) is 18.4 Å². The average molecular weight is 302 g/mol. The Morgan fingerprint density at radius 2 is 2.10 bits per heavy atom. The Morgan fingerprint density at radius 1 is 1.40 bits per heavy atom. The van der Waals surface area contributed by atoms with E-state index in [1.807, 2.05) is 0 Å². The summed E-state index contributed by atoms with van der Waals surface area (Å²) in [5, 5.41) is 9.93. The minimum Gasteiger partial charge on any atom is -0.477 e. The fraction of sp³-hybridized carbons (Fsp3) is 0.692. The van der Waals surface area contributed by atoms with Gasteiger partial charge in [0.1, 0.15) is 4.88 Å². The van der Waals surface area contributed by atoms with Gasteiger partial charge in [-0.25, -0.2) is 9.78 Å². The monoisotopic (exact) mass is 302 g/mol. The number of carbonyl (C=O) groups is 1. The van der Waals surface area contributed by atoms with Gasteiger partial charge in [-0.1, -0.05) is 25.2 Å². The van der Waals surface area contributed by atoms with E-state index in [0.29, 0.717) is 29.9 Å². The third kappa shape index (κ3) is 4.73. The minimum absolute atomic E-state index is 0.206. The molecule has 1 heterocycles. The first kappa shape index (κ1) is 16.9. The highest BCUT2D eigenvalue weighted by Crippen LogP contribution is 2.27. The highest BCUT2D eigenvalue weighted by atomic mass is 32.1. The molecule has 0 amide bonds. The van der Waals surface area contributed by atoms with Crippen LogP contribution in [0.5, 0.6) is 0 Å². The molecule has 1 aromatic heterocycles. The van der Waals surface area contributed by atoms with Gasteiger partial charge in [-0.2, -0.15) is 0 Å². The van der Waals surface area contributed by atoms with Gasteiger partial charge in [0.05, 0.1) is 18.9 Å². The second-order valence-electron chi connectivity index (χ2n) is 4.84. The van der Waals surface area contributed by atoms with Gasteiger partial charge in [0.25, 0.3) is 0 Å². The summed E-state index contributed by atoms with van der Waals surface area (Å²) in [6.45, 7) is 6.51. The number of hydrogen-bond acceptors (Lipinski definition) is 6. The Labute approximate surface area is 123 Å². The molecule has 7 heteroatoms. The van der Waals surface area contributed by atoms with E-state index in [0.717, 1.165) is 6.54 Å². The van der Waals surface area contributed by atoms with Crippen LogP contribution in [-0.4, -0.2) is 50.0 Å². The van der Waals surface area contributed by atoms with Crippen molar-refractivity contribution < 1.29 is 19.4 Å². The van der Waals surface area contributed by atoms with Crippen LogP contribution in [0, 0.1) is 5.92 Å². The molecule has 1 aromatic rings. The van der Waals surface area contributed by atoms with Crippen LogP contribution >= 0.6 is 11.3 Å². The smallest absolute Gasteiger partial charge is 0.347 e. The molecule has 114 valence electrons. The van der Waals surface area contributed by atoms with Gasteiger partial charge in [0, 0.05) is 27.3 Å². The number of methoxy groups -OCH3 is 2. The molecule has 1 rings (SSSR count). The van der Waals surface area contributed by atoms with Crippen LogP contribution in [0.25, 0.3) is 0 Å². The minimum atomic E-state index is -0.961. The van der Waals surface area contributed by atoms with Crippen molar-refractivity contribution in [2.24, 2.45) is 5.92 Å². The summed E-state index contributed by atoms with van der Waals surface area (Å²) in [7, 11) is 3.18. The SMILES string of the molecule is COCCN(CC(C)C)c1nc(COC)c(C(=O)O)s1. The fourth-order valence-corrected chi connectivity index (χ4v) is 2.73. The van der Waals surface area contributed by atoms with Gasteiger partial charge in [0.15, 0.2) is 5.13 Å². The first-order valence-electron chi connectivity index (χ1n) is 6.45. The maximum atomic E-state index is 11.2.